The number of pyridine rings is 1. The van der Waals surface area contributed by atoms with E-state index in [0.717, 1.165) is 45.7 Å². The molecule has 1 unspecified atom stereocenters. The molecule has 2 heterocycles. The molecule has 2 N–H and O–H groups in total. The van der Waals surface area contributed by atoms with Crippen LogP contribution in [0.15, 0.2) is 67.1 Å². The Labute approximate surface area is 199 Å². The van der Waals surface area contributed by atoms with Crippen molar-refractivity contribution in [2.75, 3.05) is 26.0 Å². The number of benzene rings is 2. The lowest BCUT2D eigenvalue weighted by Crippen LogP contribution is -2.31. The lowest BCUT2D eigenvalue weighted by Gasteiger charge is -2.30. The second-order valence-corrected chi connectivity index (χ2v) is 8.42. The van der Waals surface area contributed by atoms with E-state index in [0.29, 0.717) is 12.1 Å². The molecule has 0 saturated heterocycles. The molecule has 0 bridgehead atoms. The third-order valence-corrected chi connectivity index (χ3v) is 6.39. The largest absolute Gasteiger partial charge is 0.497 e. The van der Waals surface area contributed by atoms with Crippen LogP contribution >= 0.6 is 0 Å². The molecule has 0 spiro atoms. The van der Waals surface area contributed by atoms with E-state index < -0.39 is 0 Å². The summed E-state index contributed by atoms with van der Waals surface area (Å²) in [5.74, 6) is 1.44. The van der Waals surface area contributed by atoms with Crippen LogP contribution in [0.4, 0.5) is 5.82 Å². The van der Waals surface area contributed by atoms with E-state index in [1.165, 1.54) is 0 Å². The Balaban J connectivity index is 1.62. The Bertz CT molecular complexity index is 1310. The summed E-state index contributed by atoms with van der Waals surface area (Å²) in [6.07, 6.45) is 4.15. The third kappa shape index (κ3) is 4.55. The maximum absolute atomic E-state index is 12.4. The number of fused-ring (bicyclic) bond motifs is 1. The summed E-state index contributed by atoms with van der Waals surface area (Å²) in [6.45, 7) is 5.01. The molecule has 2 aromatic heterocycles. The van der Waals surface area contributed by atoms with Gasteiger partial charge in [0.15, 0.2) is 0 Å². The highest BCUT2D eigenvalue weighted by atomic mass is 16.5. The SMILES string of the molecule is CCC(C)(CNc1cc(-c2ccc(OC)cc2)ncn1)c1cccc2c(C(=O)NC)ccnc12. The van der Waals surface area contributed by atoms with Crippen molar-refractivity contribution in [2.45, 2.75) is 25.7 Å². The lowest BCUT2D eigenvalue weighted by atomic mass is 9.78. The molecule has 0 aliphatic heterocycles. The van der Waals surface area contributed by atoms with Crippen molar-refractivity contribution >= 4 is 22.6 Å². The summed E-state index contributed by atoms with van der Waals surface area (Å²) in [6, 6.07) is 17.5. The highest BCUT2D eigenvalue weighted by molar-refractivity contribution is 6.06. The lowest BCUT2D eigenvalue weighted by molar-refractivity contribution is 0.0964. The van der Waals surface area contributed by atoms with Crippen molar-refractivity contribution in [3.05, 3.63) is 78.2 Å². The van der Waals surface area contributed by atoms with Gasteiger partial charge in [-0.05, 0) is 42.3 Å². The van der Waals surface area contributed by atoms with Gasteiger partial charge in [0, 0.05) is 42.2 Å². The number of amides is 1. The van der Waals surface area contributed by atoms with Crippen LogP contribution in [0, 0.1) is 0 Å². The predicted molar refractivity (Wildman–Crippen MR) is 135 cm³/mol. The van der Waals surface area contributed by atoms with Gasteiger partial charge in [-0.3, -0.25) is 9.78 Å². The van der Waals surface area contributed by atoms with E-state index in [4.69, 9.17) is 4.74 Å². The van der Waals surface area contributed by atoms with Gasteiger partial charge in [-0.1, -0.05) is 32.0 Å². The van der Waals surface area contributed by atoms with Crippen molar-refractivity contribution < 1.29 is 9.53 Å². The average Bonchev–Trinajstić information content (AvgIpc) is 2.90. The molecule has 0 aliphatic rings. The number of methoxy groups -OCH3 is 1. The zero-order valence-electron chi connectivity index (χ0n) is 19.9. The summed E-state index contributed by atoms with van der Waals surface area (Å²) < 4.78 is 5.24. The van der Waals surface area contributed by atoms with Gasteiger partial charge in [0.25, 0.3) is 5.91 Å². The van der Waals surface area contributed by atoms with Crippen LogP contribution in [-0.2, 0) is 5.41 Å². The first kappa shape index (κ1) is 23.2. The molecule has 0 radical (unpaired) electrons. The first-order valence-electron chi connectivity index (χ1n) is 11.3. The van der Waals surface area contributed by atoms with Crippen LogP contribution in [0.5, 0.6) is 5.75 Å². The Morgan fingerprint density at radius 1 is 1.06 bits per heavy atom. The van der Waals surface area contributed by atoms with Gasteiger partial charge in [0.2, 0.25) is 0 Å². The van der Waals surface area contributed by atoms with Crippen LogP contribution in [-0.4, -0.2) is 41.6 Å². The van der Waals surface area contributed by atoms with E-state index in [-0.39, 0.29) is 11.3 Å². The van der Waals surface area contributed by atoms with E-state index in [1.54, 1.807) is 32.7 Å². The van der Waals surface area contributed by atoms with E-state index in [9.17, 15) is 4.79 Å². The van der Waals surface area contributed by atoms with Gasteiger partial charge in [-0.25, -0.2) is 9.97 Å². The molecule has 0 saturated carbocycles. The number of aromatic nitrogens is 3. The number of hydrogen-bond donors (Lipinski definition) is 2. The molecule has 0 fully saturated rings. The average molecular weight is 456 g/mol. The number of carbonyl (C=O) groups is 1. The maximum atomic E-state index is 12.4. The second kappa shape index (κ2) is 9.87. The van der Waals surface area contributed by atoms with E-state index in [2.05, 4.69) is 45.5 Å². The molecule has 7 heteroatoms. The topological polar surface area (TPSA) is 89.0 Å². The molecular formula is C27H29N5O2. The summed E-state index contributed by atoms with van der Waals surface area (Å²) in [5, 5.41) is 7.06. The highest BCUT2D eigenvalue weighted by Crippen LogP contribution is 2.34. The van der Waals surface area contributed by atoms with Crippen molar-refractivity contribution in [3.63, 3.8) is 0 Å². The van der Waals surface area contributed by atoms with Crippen LogP contribution < -0.4 is 15.4 Å². The fraction of sp³-hybridized carbons (Fsp3) is 0.259. The minimum absolute atomic E-state index is 0.118. The summed E-state index contributed by atoms with van der Waals surface area (Å²) in [4.78, 5) is 25.9. The van der Waals surface area contributed by atoms with Crippen LogP contribution in [0.1, 0.15) is 36.2 Å². The minimum atomic E-state index is -0.237. The van der Waals surface area contributed by atoms with Gasteiger partial charge in [-0.15, -0.1) is 0 Å². The zero-order chi connectivity index (χ0) is 24.1. The first-order valence-corrected chi connectivity index (χ1v) is 11.3. The van der Waals surface area contributed by atoms with E-state index >= 15 is 0 Å². The number of rotatable bonds is 8. The van der Waals surface area contributed by atoms with Crippen LogP contribution in [0.3, 0.4) is 0 Å². The molecule has 174 valence electrons. The van der Waals surface area contributed by atoms with Crippen molar-refractivity contribution in [2.24, 2.45) is 0 Å². The van der Waals surface area contributed by atoms with Crippen molar-refractivity contribution in [1.82, 2.24) is 20.3 Å². The molecule has 1 atom stereocenters. The van der Waals surface area contributed by atoms with Crippen LogP contribution in [0.25, 0.3) is 22.2 Å². The second-order valence-electron chi connectivity index (χ2n) is 8.42. The maximum Gasteiger partial charge on any atom is 0.251 e. The predicted octanol–water partition coefficient (Wildman–Crippen LogP) is 4.84. The number of anilines is 1. The zero-order valence-corrected chi connectivity index (χ0v) is 19.9. The van der Waals surface area contributed by atoms with Gasteiger partial charge in [0.1, 0.15) is 17.9 Å². The molecule has 7 nitrogen and oxygen atoms in total. The standard InChI is InChI=1S/C27H29N5O2/c1-5-27(2,22-8-6-7-20-21(26(33)28-3)13-14-29-25(20)22)16-30-24-15-23(31-17-32-24)18-9-11-19(34-4)12-10-18/h6-15,17H,5,16H2,1-4H3,(H,28,33)(H,30,31,32). The number of carbonyl (C=O) groups excluding carboxylic acids is 1. The number of nitrogens with zero attached hydrogens (tertiary/aromatic N) is 3. The number of hydrogen-bond acceptors (Lipinski definition) is 6. The van der Waals surface area contributed by atoms with Crippen LogP contribution in [0.2, 0.25) is 0 Å². The monoisotopic (exact) mass is 455 g/mol. The summed E-state index contributed by atoms with van der Waals surface area (Å²) in [5.41, 5.74) is 4.15. The Kier molecular flexibility index (Phi) is 6.72. The van der Waals surface area contributed by atoms with Gasteiger partial charge in [0.05, 0.1) is 23.9 Å². The molecule has 0 aliphatic carbocycles. The number of para-hydroxylation sites is 1. The molecule has 1 amide bonds. The molecule has 4 aromatic rings. The fourth-order valence-corrected chi connectivity index (χ4v) is 4.07. The van der Waals surface area contributed by atoms with Gasteiger partial charge >= 0.3 is 0 Å². The van der Waals surface area contributed by atoms with Crippen molar-refractivity contribution in [1.29, 1.82) is 0 Å². The Morgan fingerprint density at radius 2 is 1.85 bits per heavy atom. The fourth-order valence-electron chi connectivity index (χ4n) is 4.07. The third-order valence-electron chi connectivity index (χ3n) is 6.39. The first-order chi connectivity index (χ1) is 16.5. The molecule has 2 aromatic carbocycles. The van der Waals surface area contributed by atoms with Gasteiger partial charge < -0.3 is 15.4 Å². The Morgan fingerprint density at radius 3 is 2.56 bits per heavy atom. The van der Waals surface area contributed by atoms with Gasteiger partial charge in [-0.2, -0.15) is 0 Å². The van der Waals surface area contributed by atoms with Crippen molar-refractivity contribution in [3.8, 4) is 17.0 Å². The normalized spacial score (nSPS) is 12.7. The van der Waals surface area contributed by atoms with E-state index in [1.807, 2.05) is 42.5 Å². The minimum Gasteiger partial charge on any atom is -0.497 e. The molecule has 4 rings (SSSR count). The summed E-state index contributed by atoms with van der Waals surface area (Å²) >= 11 is 0. The highest BCUT2D eigenvalue weighted by Gasteiger charge is 2.28. The molecule has 34 heavy (non-hydrogen) atoms. The summed E-state index contributed by atoms with van der Waals surface area (Å²) in [7, 11) is 3.29. The number of nitrogens with one attached hydrogen (secondary N) is 2. The number of ether oxygens (including phenoxy) is 1. The quantitative estimate of drug-likeness (QED) is 0.395. The smallest absolute Gasteiger partial charge is 0.251 e. The molecular weight excluding hydrogens is 426 g/mol. The Hall–Kier alpha value is -4.00.